The van der Waals surface area contributed by atoms with Crippen LogP contribution in [0.15, 0.2) is 30.9 Å². The number of aliphatic hydroxyl groups excluding tert-OH is 1. The van der Waals surface area contributed by atoms with E-state index < -0.39 is 0 Å². The molecular weight excluding hydrogens is 268 g/mol. The highest BCUT2D eigenvalue weighted by Crippen LogP contribution is 2.02. The lowest BCUT2D eigenvalue weighted by molar-refractivity contribution is 0.0953. The summed E-state index contributed by atoms with van der Waals surface area (Å²) >= 11 is 0. The summed E-state index contributed by atoms with van der Waals surface area (Å²) in [4.78, 5) is 20.2. The van der Waals surface area contributed by atoms with Gasteiger partial charge in [-0.2, -0.15) is 0 Å². The van der Waals surface area contributed by atoms with Crippen LogP contribution in [0.25, 0.3) is 0 Å². The molecule has 0 unspecified atom stereocenters. The first-order chi connectivity index (χ1) is 10.2. The minimum Gasteiger partial charge on any atom is -0.384 e. The maximum absolute atomic E-state index is 12.0. The largest absolute Gasteiger partial charge is 0.384 e. The zero-order valence-electron chi connectivity index (χ0n) is 11.7. The minimum atomic E-state index is -0.222. The molecule has 1 amide bonds. The number of carbonyl (C=O) groups excluding carboxylic acids is 1. The molecule has 0 aromatic carbocycles. The van der Waals surface area contributed by atoms with Crippen molar-refractivity contribution in [1.29, 1.82) is 0 Å². The van der Waals surface area contributed by atoms with E-state index >= 15 is 0 Å². The smallest absolute Gasteiger partial charge is 0.252 e. The monoisotopic (exact) mass is 284 g/mol. The quantitative estimate of drug-likeness (QED) is 0.782. The molecule has 0 radical (unpaired) electrons. The third kappa shape index (κ3) is 4.16. The second-order valence-corrected chi connectivity index (χ2v) is 4.38. The molecule has 6 heteroatoms. The Morgan fingerprint density at radius 3 is 3.05 bits per heavy atom. The number of imidazole rings is 1. The Balaban J connectivity index is 1.92. The van der Waals surface area contributed by atoms with E-state index in [4.69, 9.17) is 5.11 Å². The Bertz CT molecular complexity index is 682. The van der Waals surface area contributed by atoms with Gasteiger partial charge in [0, 0.05) is 50.4 Å². The van der Waals surface area contributed by atoms with Crippen LogP contribution in [0, 0.1) is 11.8 Å². The predicted octanol–water partition coefficient (Wildman–Crippen LogP) is 0.131. The number of aryl methyl sites for hydroxylation is 1. The number of aliphatic hydroxyl groups is 1. The fraction of sp³-hybridized carbons (Fsp3) is 0.267. The fourth-order valence-corrected chi connectivity index (χ4v) is 1.80. The Morgan fingerprint density at radius 2 is 2.33 bits per heavy atom. The molecule has 0 atom stereocenters. The number of aromatic nitrogens is 3. The van der Waals surface area contributed by atoms with Gasteiger partial charge in [0.1, 0.15) is 12.4 Å². The third-order valence-electron chi connectivity index (χ3n) is 2.87. The van der Waals surface area contributed by atoms with Crippen molar-refractivity contribution in [3.63, 3.8) is 0 Å². The minimum absolute atomic E-state index is 0.204. The van der Waals surface area contributed by atoms with Gasteiger partial charge in [0.05, 0.1) is 5.56 Å². The van der Waals surface area contributed by atoms with Crippen molar-refractivity contribution in [2.45, 2.75) is 6.42 Å². The maximum Gasteiger partial charge on any atom is 0.252 e. The molecular formula is C15H16N4O2. The summed E-state index contributed by atoms with van der Waals surface area (Å²) in [6, 6.07) is 1.64. The molecule has 0 saturated heterocycles. The Kier molecular flexibility index (Phi) is 5.07. The Labute approximate surface area is 122 Å². The molecule has 108 valence electrons. The van der Waals surface area contributed by atoms with Crippen LogP contribution in [-0.4, -0.2) is 38.7 Å². The summed E-state index contributed by atoms with van der Waals surface area (Å²) in [5.41, 5.74) is 1.04. The molecule has 0 aliphatic rings. The van der Waals surface area contributed by atoms with E-state index in [0.29, 0.717) is 24.1 Å². The fourth-order valence-electron chi connectivity index (χ4n) is 1.80. The zero-order valence-corrected chi connectivity index (χ0v) is 11.7. The van der Waals surface area contributed by atoms with Gasteiger partial charge < -0.3 is 15.0 Å². The number of nitrogens with one attached hydrogen (secondary N) is 1. The standard InChI is InChI=1S/C15H16N4O2/c1-19-7-6-17-14(19)4-5-18-15(21)13-9-12(3-2-8-20)10-16-11-13/h6-7,9-11,20H,4-5,8H2,1H3,(H,18,21). The van der Waals surface area contributed by atoms with Gasteiger partial charge >= 0.3 is 0 Å². The van der Waals surface area contributed by atoms with Gasteiger partial charge in [-0.15, -0.1) is 0 Å². The van der Waals surface area contributed by atoms with E-state index in [0.717, 1.165) is 5.82 Å². The van der Waals surface area contributed by atoms with Gasteiger partial charge in [0.15, 0.2) is 0 Å². The lowest BCUT2D eigenvalue weighted by Gasteiger charge is -2.05. The van der Waals surface area contributed by atoms with Crippen molar-refractivity contribution < 1.29 is 9.90 Å². The van der Waals surface area contributed by atoms with Gasteiger partial charge in [-0.05, 0) is 6.07 Å². The molecule has 0 aliphatic heterocycles. The van der Waals surface area contributed by atoms with Crippen LogP contribution in [0.3, 0.4) is 0 Å². The average Bonchev–Trinajstić information content (AvgIpc) is 2.91. The molecule has 0 fully saturated rings. The molecule has 2 N–H and O–H groups in total. The molecule has 0 aliphatic carbocycles. The normalized spacial score (nSPS) is 9.81. The highest BCUT2D eigenvalue weighted by Gasteiger charge is 2.07. The van der Waals surface area contributed by atoms with Gasteiger partial charge in [0.25, 0.3) is 5.91 Å². The van der Waals surface area contributed by atoms with Crippen LogP contribution >= 0.6 is 0 Å². The molecule has 21 heavy (non-hydrogen) atoms. The summed E-state index contributed by atoms with van der Waals surface area (Å²) in [7, 11) is 1.91. The van der Waals surface area contributed by atoms with Crippen LogP contribution in [0.5, 0.6) is 0 Å². The van der Waals surface area contributed by atoms with E-state index in [9.17, 15) is 4.79 Å². The molecule has 2 heterocycles. The van der Waals surface area contributed by atoms with Crippen LogP contribution in [-0.2, 0) is 13.5 Å². The number of nitrogens with zero attached hydrogens (tertiary/aromatic N) is 3. The molecule has 0 spiro atoms. The number of carbonyl (C=O) groups is 1. The lowest BCUT2D eigenvalue weighted by Crippen LogP contribution is -2.26. The first kappa shape index (κ1) is 14.8. The Morgan fingerprint density at radius 1 is 1.48 bits per heavy atom. The Hall–Kier alpha value is -2.65. The van der Waals surface area contributed by atoms with Crippen molar-refractivity contribution in [3.05, 3.63) is 47.8 Å². The van der Waals surface area contributed by atoms with Crippen molar-refractivity contribution in [2.75, 3.05) is 13.2 Å². The van der Waals surface area contributed by atoms with E-state index in [1.807, 2.05) is 17.8 Å². The zero-order chi connectivity index (χ0) is 15.1. The summed E-state index contributed by atoms with van der Waals surface area (Å²) in [6.07, 6.45) is 7.29. The first-order valence-electron chi connectivity index (χ1n) is 6.50. The van der Waals surface area contributed by atoms with Crippen molar-refractivity contribution in [1.82, 2.24) is 19.9 Å². The van der Waals surface area contributed by atoms with Gasteiger partial charge in [-0.25, -0.2) is 4.98 Å². The summed E-state index contributed by atoms with van der Waals surface area (Å²) in [5.74, 6) is 5.95. The van der Waals surface area contributed by atoms with E-state index in [-0.39, 0.29) is 12.5 Å². The average molecular weight is 284 g/mol. The van der Waals surface area contributed by atoms with Crippen molar-refractivity contribution >= 4 is 5.91 Å². The van der Waals surface area contributed by atoms with Crippen LogP contribution in [0.1, 0.15) is 21.7 Å². The number of rotatable bonds is 4. The summed E-state index contributed by atoms with van der Waals surface area (Å²) < 4.78 is 1.92. The summed E-state index contributed by atoms with van der Waals surface area (Å²) in [5, 5.41) is 11.5. The molecule has 0 bridgehead atoms. The van der Waals surface area contributed by atoms with Crippen LogP contribution in [0.4, 0.5) is 0 Å². The number of hydrogen-bond acceptors (Lipinski definition) is 4. The van der Waals surface area contributed by atoms with Crippen molar-refractivity contribution in [2.24, 2.45) is 7.05 Å². The number of pyridine rings is 1. The molecule has 2 rings (SSSR count). The van der Waals surface area contributed by atoms with Crippen molar-refractivity contribution in [3.8, 4) is 11.8 Å². The van der Waals surface area contributed by atoms with Crippen LogP contribution in [0.2, 0.25) is 0 Å². The highest BCUT2D eigenvalue weighted by molar-refractivity contribution is 5.94. The maximum atomic E-state index is 12.0. The molecule has 6 nitrogen and oxygen atoms in total. The third-order valence-corrected chi connectivity index (χ3v) is 2.87. The van der Waals surface area contributed by atoms with Gasteiger partial charge in [-0.3, -0.25) is 9.78 Å². The van der Waals surface area contributed by atoms with E-state index in [1.165, 1.54) is 6.20 Å². The molecule has 2 aromatic heterocycles. The van der Waals surface area contributed by atoms with Gasteiger partial charge in [0.2, 0.25) is 0 Å². The number of hydrogen-bond donors (Lipinski definition) is 2. The second kappa shape index (κ2) is 7.22. The highest BCUT2D eigenvalue weighted by atomic mass is 16.2. The van der Waals surface area contributed by atoms with Crippen LogP contribution < -0.4 is 5.32 Å². The number of amides is 1. The van der Waals surface area contributed by atoms with Gasteiger partial charge in [-0.1, -0.05) is 11.8 Å². The first-order valence-corrected chi connectivity index (χ1v) is 6.50. The topological polar surface area (TPSA) is 80.0 Å². The SMILES string of the molecule is Cn1ccnc1CCNC(=O)c1cncc(C#CCO)c1. The summed E-state index contributed by atoms with van der Waals surface area (Å²) in [6.45, 7) is 0.274. The van der Waals surface area contributed by atoms with E-state index in [1.54, 1.807) is 18.5 Å². The second-order valence-electron chi connectivity index (χ2n) is 4.38. The lowest BCUT2D eigenvalue weighted by atomic mass is 10.2. The van der Waals surface area contributed by atoms with E-state index in [2.05, 4.69) is 27.1 Å². The predicted molar refractivity (Wildman–Crippen MR) is 77.4 cm³/mol. The molecule has 0 saturated carbocycles. The molecule has 2 aromatic rings.